The molecule has 0 amide bonds. The molecule has 0 bridgehead atoms. The van der Waals surface area contributed by atoms with Crippen LogP contribution in [0.1, 0.15) is 19.0 Å². The van der Waals surface area contributed by atoms with Crippen LogP contribution in [0, 0.1) is 0 Å². The average Bonchev–Trinajstić information content (AvgIpc) is 2.51. The summed E-state index contributed by atoms with van der Waals surface area (Å²) in [5.74, 6) is 0. The molecule has 12 heavy (non-hydrogen) atoms. The first-order chi connectivity index (χ1) is 5.64. The van der Waals surface area contributed by atoms with Crippen molar-refractivity contribution in [1.29, 1.82) is 0 Å². The molecule has 0 radical (unpaired) electrons. The molecule has 4 nitrogen and oxygen atoms in total. The molecule has 0 aliphatic heterocycles. The topological polar surface area (TPSA) is 56.7 Å². The van der Waals surface area contributed by atoms with E-state index in [0.29, 0.717) is 12.1 Å². The number of aryl methyl sites for hydroxylation is 1. The molecule has 0 aromatic carbocycles. The standard InChI is InChI=1S/C7H13FN4/c1-3-7(8,5-9)6-4-10-11-12(6)2/h4H,3,5,9H2,1-2H3. The Morgan fingerprint density at radius 1 is 1.75 bits per heavy atom. The van der Waals surface area contributed by atoms with E-state index >= 15 is 0 Å². The van der Waals surface area contributed by atoms with Crippen molar-refractivity contribution in [1.82, 2.24) is 15.0 Å². The zero-order chi connectivity index (χ0) is 9.19. The van der Waals surface area contributed by atoms with Gasteiger partial charge in [0.15, 0.2) is 5.67 Å². The average molecular weight is 172 g/mol. The van der Waals surface area contributed by atoms with Gasteiger partial charge in [0.2, 0.25) is 0 Å². The highest BCUT2D eigenvalue weighted by Gasteiger charge is 2.31. The lowest BCUT2D eigenvalue weighted by atomic mass is 10.00. The highest BCUT2D eigenvalue weighted by atomic mass is 19.1. The van der Waals surface area contributed by atoms with Crippen LogP contribution in [0.3, 0.4) is 0 Å². The van der Waals surface area contributed by atoms with Crippen molar-refractivity contribution in [3.63, 3.8) is 0 Å². The van der Waals surface area contributed by atoms with Gasteiger partial charge in [0.05, 0.1) is 11.9 Å². The Balaban J connectivity index is 3.02. The van der Waals surface area contributed by atoms with Crippen LogP contribution in [0.15, 0.2) is 6.20 Å². The molecule has 1 aromatic rings. The minimum Gasteiger partial charge on any atom is -0.327 e. The first-order valence-electron chi connectivity index (χ1n) is 3.88. The Bertz CT molecular complexity index is 254. The van der Waals surface area contributed by atoms with Crippen LogP contribution in [0.25, 0.3) is 0 Å². The van der Waals surface area contributed by atoms with Gasteiger partial charge in [-0.3, -0.25) is 0 Å². The second kappa shape index (κ2) is 3.18. The van der Waals surface area contributed by atoms with E-state index in [9.17, 15) is 4.39 Å². The summed E-state index contributed by atoms with van der Waals surface area (Å²) in [5, 5.41) is 7.25. The highest BCUT2D eigenvalue weighted by Crippen LogP contribution is 2.26. The maximum Gasteiger partial charge on any atom is 0.165 e. The fourth-order valence-corrected chi connectivity index (χ4v) is 1.13. The molecule has 0 fully saturated rings. The lowest BCUT2D eigenvalue weighted by Gasteiger charge is -2.20. The number of aromatic nitrogens is 3. The van der Waals surface area contributed by atoms with Crippen LogP contribution in [-0.4, -0.2) is 21.5 Å². The van der Waals surface area contributed by atoms with Crippen LogP contribution >= 0.6 is 0 Å². The minimum absolute atomic E-state index is 0.0370. The molecule has 0 spiro atoms. The van der Waals surface area contributed by atoms with Crippen molar-refractivity contribution >= 4 is 0 Å². The van der Waals surface area contributed by atoms with Crippen LogP contribution in [0.2, 0.25) is 0 Å². The summed E-state index contributed by atoms with van der Waals surface area (Å²) < 4.78 is 15.3. The number of nitrogens with two attached hydrogens (primary N) is 1. The van der Waals surface area contributed by atoms with E-state index in [1.807, 2.05) is 0 Å². The third kappa shape index (κ3) is 1.32. The van der Waals surface area contributed by atoms with Crippen LogP contribution in [0.4, 0.5) is 4.39 Å². The van der Waals surface area contributed by atoms with E-state index < -0.39 is 5.67 Å². The maximum atomic E-state index is 13.9. The summed E-state index contributed by atoms with van der Waals surface area (Å²) in [6, 6.07) is 0. The van der Waals surface area contributed by atoms with E-state index in [0.717, 1.165) is 0 Å². The quantitative estimate of drug-likeness (QED) is 0.715. The normalized spacial score (nSPS) is 16.0. The molecule has 1 atom stereocenters. The molecule has 1 unspecified atom stereocenters. The molecule has 1 rings (SSSR count). The van der Waals surface area contributed by atoms with Gasteiger partial charge in [-0.1, -0.05) is 12.1 Å². The summed E-state index contributed by atoms with van der Waals surface area (Å²) in [4.78, 5) is 0. The zero-order valence-electron chi connectivity index (χ0n) is 7.29. The van der Waals surface area contributed by atoms with E-state index in [2.05, 4.69) is 10.3 Å². The number of rotatable bonds is 3. The molecule has 0 saturated carbocycles. The molecular formula is C7H13FN4. The smallest absolute Gasteiger partial charge is 0.165 e. The van der Waals surface area contributed by atoms with E-state index in [1.54, 1.807) is 14.0 Å². The first-order valence-corrected chi connectivity index (χ1v) is 3.88. The van der Waals surface area contributed by atoms with Gasteiger partial charge in [-0.2, -0.15) is 0 Å². The molecule has 0 saturated heterocycles. The summed E-state index contributed by atoms with van der Waals surface area (Å²) in [7, 11) is 1.65. The van der Waals surface area contributed by atoms with Crippen molar-refractivity contribution in [2.24, 2.45) is 12.8 Å². The lowest BCUT2D eigenvalue weighted by Crippen LogP contribution is -2.31. The van der Waals surface area contributed by atoms with Gasteiger partial charge in [-0.25, -0.2) is 9.07 Å². The summed E-state index contributed by atoms with van der Waals surface area (Å²) in [6.07, 6.45) is 1.75. The largest absolute Gasteiger partial charge is 0.327 e. The van der Waals surface area contributed by atoms with Crippen LogP contribution < -0.4 is 5.73 Å². The SMILES string of the molecule is CCC(F)(CN)c1cnnn1C. The Morgan fingerprint density at radius 3 is 2.75 bits per heavy atom. The number of nitrogens with zero attached hydrogens (tertiary/aromatic N) is 3. The molecule has 5 heteroatoms. The third-order valence-electron chi connectivity index (χ3n) is 2.06. The highest BCUT2D eigenvalue weighted by molar-refractivity contribution is 5.08. The first kappa shape index (κ1) is 9.12. The Morgan fingerprint density at radius 2 is 2.42 bits per heavy atom. The lowest BCUT2D eigenvalue weighted by molar-refractivity contribution is 0.156. The maximum absolute atomic E-state index is 13.9. The fraction of sp³-hybridized carbons (Fsp3) is 0.714. The molecule has 0 aliphatic carbocycles. The van der Waals surface area contributed by atoms with Gasteiger partial charge in [-0.05, 0) is 6.42 Å². The summed E-state index contributed by atoms with van der Waals surface area (Å²) >= 11 is 0. The fourth-order valence-electron chi connectivity index (χ4n) is 1.13. The van der Waals surface area contributed by atoms with E-state index in [1.165, 1.54) is 10.9 Å². The third-order valence-corrected chi connectivity index (χ3v) is 2.06. The van der Waals surface area contributed by atoms with Crippen LogP contribution in [0.5, 0.6) is 0 Å². The van der Waals surface area contributed by atoms with Gasteiger partial charge >= 0.3 is 0 Å². The number of hydrogen-bond acceptors (Lipinski definition) is 3. The minimum atomic E-state index is -1.49. The molecular weight excluding hydrogens is 159 g/mol. The van der Waals surface area contributed by atoms with E-state index in [4.69, 9.17) is 5.73 Å². The molecule has 68 valence electrons. The number of hydrogen-bond donors (Lipinski definition) is 1. The molecule has 2 N–H and O–H groups in total. The Hall–Kier alpha value is -0.970. The van der Waals surface area contributed by atoms with Crippen molar-refractivity contribution in [3.05, 3.63) is 11.9 Å². The van der Waals surface area contributed by atoms with Gasteiger partial charge < -0.3 is 5.73 Å². The second-order valence-corrected chi connectivity index (χ2v) is 2.77. The Labute approximate surface area is 70.6 Å². The van der Waals surface area contributed by atoms with Crippen molar-refractivity contribution in [3.8, 4) is 0 Å². The summed E-state index contributed by atoms with van der Waals surface area (Å²) in [6.45, 7) is 1.71. The zero-order valence-corrected chi connectivity index (χ0v) is 7.29. The number of alkyl halides is 1. The van der Waals surface area contributed by atoms with Crippen molar-refractivity contribution in [2.75, 3.05) is 6.54 Å². The summed E-state index contributed by atoms with van der Waals surface area (Å²) in [5.41, 5.74) is 4.28. The second-order valence-electron chi connectivity index (χ2n) is 2.77. The predicted octanol–water partition coefficient (Wildman–Crippen LogP) is 0.349. The van der Waals surface area contributed by atoms with Gasteiger partial charge in [0, 0.05) is 13.6 Å². The van der Waals surface area contributed by atoms with Crippen LogP contribution in [-0.2, 0) is 12.7 Å². The molecule has 0 aliphatic rings. The van der Waals surface area contributed by atoms with Gasteiger partial charge in [-0.15, -0.1) is 5.10 Å². The van der Waals surface area contributed by atoms with E-state index in [-0.39, 0.29) is 6.54 Å². The monoisotopic (exact) mass is 172 g/mol. The predicted molar refractivity (Wildman–Crippen MR) is 43.1 cm³/mol. The molecule has 1 heterocycles. The van der Waals surface area contributed by atoms with Gasteiger partial charge in [0.25, 0.3) is 0 Å². The van der Waals surface area contributed by atoms with Gasteiger partial charge in [0.1, 0.15) is 0 Å². The van der Waals surface area contributed by atoms with Crippen molar-refractivity contribution < 1.29 is 4.39 Å². The molecule has 1 aromatic heterocycles. The number of halogens is 1. The Kier molecular flexibility index (Phi) is 2.42. The van der Waals surface area contributed by atoms with Crippen molar-refractivity contribution in [2.45, 2.75) is 19.0 Å².